The number of carboxylic acids is 1. The van der Waals surface area contributed by atoms with E-state index in [1.54, 1.807) is 0 Å². The van der Waals surface area contributed by atoms with E-state index in [1.807, 2.05) is 0 Å². The van der Waals surface area contributed by atoms with Gasteiger partial charge in [0.15, 0.2) is 5.16 Å². The molecule has 0 fully saturated rings. The molecular weight excluding hydrogens is 280 g/mol. The molecule has 1 N–H and O–H groups in total. The smallest absolute Gasteiger partial charge is 0.313 e. The lowest BCUT2D eigenvalue weighted by Gasteiger charge is -2.09. The molecular formula is C9H12N2O5S2. The van der Waals surface area contributed by atoms with Crippen LogP contribution in [0.25, 0.3) is 0 Å². The summed E-state index contributed by atoms with van der Waals surface area (Å²) in [4.78, 5) is 25.2. The average Bonchev–Trinajstić information content (AvgIpc) is 2.23. The number of rotatable bonds is 6. The van der Waals surface area contributed by atoms with E-state index in [-0.39, 0.29) is 23.2 Å². The van der Waals surface area contributed by atoms with Crippen molar-refractivity contribution in [2.75, 3.05) is 17.8 Å². The Hall–Kier alpha value is -1.35. The number of hydrogen-bond donors (Lipinski definition) is 1. The van der Waals surface area contributed by atoms with Crippen molar-refractivity contribution in [2.24, 2.45) is 0 Å². The first-order valence-corrected chi connectivity index (χ1v) is 7.92. The van der Waals surface area contributed by atoms with Crippen LogP contribution in [-0.4, -0.2) is 46.8 Å². The topological polar surface area (TPSA) is 106 Å². The maximum Gasteiger partial charge on any atom is 0.313 e. The van der Waals surface area contributed by atoms with Crippen molar-refractivity contribution in [3.63, 3.8) is 0 Å². The fourth-order valence-electron chi connectivity index (χ4n) is 1.09. The Kier molecular flexibility index (Phi) is 4.91. The van der Waals surface area contributed by atoms with E-state index in [4.69, 9.17) is 5.11 Å². The molecule has 0 saturated heterocycles. The van der Waals surface area contributed by atoms with E-state index in [2.05, 4.69) is 4.98 Å². The number of aryl methyl sites for hydroxylation is 1. The Bertz CT molecular complexity index is 593. The molecule has 0 amide bonds. The van der Waals surface area contributed by atoms with Gasteiger partial charge < -0.3 is 9.67 Å². The molecule has 0 atom stereocenters. The van der Waals surface area contributed by atoms with Gasteiger partial charge in [-0.05, 0) is 0 Å². The predicted octanol–water partition coefficient (Wildman–Crippen LogP) is -0.535. The van der Waals surface area contributed by atoms with Crippen LogP contribution in [0.3, 0.4) is 0 Å². The molecule has 0 aliphatic rings. The highest BCUT2D eigenvalue weighted by atomic mass is 32.2. The van der Waals surface area contributed by atoms with E-state index >= 15 is 0 Å². The van der Waals surface area contributed by atoms with Crippen LogP contribution in [-0.2, 0) is 21.2 Å². The molecule has 0 aliphatic carbocycles. The lowest BCUT2D eigenvalue weighted by molar-refractivity contribution is -0.133. The molecule has 1 rings (SSSR count). The highest BCUT2D eigenvalue weighted by molar-refractivity contribution is 7.99. The van der Waals surface area contributed by atoms with Crippen LogP contribution in [0.4, 0.5) is 0 Å². The standard InChI is InChI=1S/C9H12N2O5S2/c1-18(15,16)5-4-11-3-2-7(12)10-9(11)17-6-8(13)14/h2-3H,4-6H2,1H3,(H,13,14). The van der Waals surface area contributed by atoms with Gasteiger partial charge in [-0.25, -0.2) is 8.42 Å². The monoisotopic (exact) mass is 292 g/mol. The van der Waals surface area contributed by atoms with Gasteiger partial charge in [-0.15, -0.1) is 0 Å². The molecule has 0 unspecified atom stereocenters. The number of carboxylic acid groups (broad SMARTS) is 1. The van der Waals surface area contributed by atoms with E-state index in [0.29, 0.717) is 0 Å². The van der Waals surface area contributed by atoms with E-state index < -0.39 is 21.4 Å². The number of aromatic nitrogens is 2. The lowest BCUT2D eigenvalue weighted by Crippen LogP contribution is -2.18. The molecule has 0 saturated carbocycles. The summed E-state index contributed by atoms with van der Waals surface area (Å²) in [6.07, 6.45) is 2.51. The molecule has 9 heteroatoms. The summed E-state index contributed by atoms with van der Waals surface area (Å²) in [5.41, 5.74) is -0.488. The molecule has 1 heterocycles. The van der Waals surface area contributed by atoms with Gasteiger partial charge >= 0.3 is 5.97 Å². The van der Waals surface area contributed by atoms with Crippen molar-refractivity contribution < 1.29 is 18.3 Å². The summed E-state index contributed by atoms with van der Waals surface area (Å²) in [6, 6.07) is 1.20. The molecule has 18 heavy (non-hydrogen) atoms. The zero-order chi connectivity index (χ0) is 13.8. The van der Waals surface area contributed by atoms with Gasteiger partial charge in [-0.3, -0.25) is 9.59 Å². The van der Waals surface area contributed by atoms with Crippen molar-refractivity contribution in [1.82, 2.24) is 9.55 Å². The minimum absolute atomic E-state index is 0.0990. The molecule has 0 bridgehead atoms. The molecule has 0 aromatic carbocycles. The summed E-state index contributed by atoms with van der Waals surface area (Å²) in [5, 5.41) is 8.76. The van der Waals surface area contributed by atoms with Crippen molar-refractivity contribution in [3.8, 4) is 0 Å². The second-order valence-corrected chi connectivity index (χ2v) is 6.76. The van der Waals surface area contributed by atoms with Crippen molar-refractivity contribution >= 4 is 27.6 Å². The van der Waals surface area contributed by atoms with Gasteiger partial charge in [0.1, 0.15) is 9.84 Å². The second kappa shape index (κ2) is 6.01. The number of sulfone groups is 1. The third kappa shape index (κ3) is 5.32. The number of nitrogens with zero attached hydrogens (tertiary/aromatic N) is 2. The molecule has 100 valence electrons. The third-order valence-corrected chi connectivity index (χ3v) is 3.78. The normalized spacial score (nSPS) is 11.4. The summed E-state index contributed by atoms with van der Waals surface area (Å²) in [7, 11) is -3.13. The Balaban J connectivity index is 2.89. The van der Waals surface area contributed by atoms with Gasteiger partial charge in [-0.2, -0.15) is 4.98 Å². The summed E-state index contributed by atoms with van der Waals surface area (Å²) < 4.78 is 23.6. The van der Waals surface area contributed by atoms with Crippen LogP contribution in [0.5, 0.6) is 0 Å². The SMILES string of the molecule is CS(=O)(=O)CCn1ccc(=O)nc1SCC(=O)O. The third-order valence-electron chi connectivity index (χ3n) is 1.88. The molecule has 1 aromatic rings. The zero-order valence-electron chi connectivity index (χ0n) is 9.57. The Morgan fingerprint density at radius 3 is 2.78 bits per heavy atom. The maximum atomic E-state index is 11.1. The first-order valence-electron chi connectivity index (χ1n) is 4.88. The molecule has 1 aromatic heterocycles. The number of hydrogen-bond acceptors (Lipinski definition) is 6. The van der Waals surface area contributed by atoms with Crippen LogP contribution < -0.4 is 5.56 Å². The van der Waals surface area contributed by atoms with Gasteiger partial charge in [-0.1, -0.05) is 11.8 Å². The number of thioether (sulfide) groups is 1. The van der Waals surface area contributed by atoms with Gasteiger partial charge in [0, 0.05) is 25.1 Å². The first-order chi connectivity index (χ1) is 8.28. The molecule has 7 nitrogen and oxygen atoms in total. The minimum Gasteiger partial charge on any atom is -0.481 e. The van der Waals surface area contributed by atoms with Gasteiger partial charge in [0.25, 0.3) is 5.56 Å². The summed E-state index contributed by atoms with van der Waals surface area (Å²) in [5.74, 6) is -1.37. The van der Waals surface area contributed by atoms with Gasteiger partial charge in [0.2, 0.25) is 0 Å². The van der Waals surface area contributed by atoms with Crippen molar-refractivity contribution in [1.29, 1.82) is 0 Å². The largest absolute Gasteiger partial charge is 0.481 e. The second-order valence-electron chi connectivity index (χ2n) is 3.55. The Morgan fingerprint density at radius 2 is 2.22 bits per heavy atom. The highest BCUT2D eigenvalue weighted by Gasteiger charge is 2.09. The van der Waals surface area contributed by atoms with E-state index in [0.717, 1.165) is 18.0 Å². The Morgan fingerprint density at radius 1 is 1.56 bits per heavy atom. The van der Waals surface area contributed by atoms with Gasteiger partial charge in [0.05, 0.1) is 11.5 Å². The van der Waals surface area contributed by atoms with E-state index in [1.165, 1.54) is 16.8 Å². The van der Waals surface area contributed by atoms with Crippen LogP contribution >= 0.6 is 11.8 Å². The zero-order valence-corrected chi connectivity index (χ0v) is 11.2. The average molecular weight is 292 g/mol. The van der Waals surface area contributed by atoms with Crippen molar-refractivity contribution in [3.05, 3.63) is 22.6 Å². The minimum atomic E-state index is -3.13. The Labute approximate surface area is 108 Å². The highest BCUT2D eigenvalue weighted by Crippen LogP contribution is 2.13. The predicted molar refractivity (Wildman–Crippen MR) is 66.6 cm³/mol. The fraction of sp³-hybridized carbons (Fsp3) is 0.444. The molecule has 0 radical (unpaired) electrons. The number of aliphatic carboxylic acids is 1. The fourth-order valence-corrected chi connectivity index (χ4v) is 2.34. The van der Waals surface area contributed by atoms with E-state index in [9.17, 15) is 18.0 Å². The van der Waals surface area contributed by atoms with Crippen molar-refractivity contribution in [2.45, 2.75) is 11.7 Å². The summed E-state index contributed by atoms with van der Waals surface area (Å²) in [6.45, 7) is 0.133. The quantitative estimate of drug-likeness (QED) is 0.554. The van der Waals surface area contributed by atoms with Crippen LogP contribution in [0, 0.1) is 0 Å². The summed E-state index contributed by atoms with van der Waals surface area (Å²) >= 11 is 0.877. The lowest BCUT2D eigenvalue weighted by atomic mass is 10.6. The van der Waals surface area contributed by atoms with Crippen LogP contribution in [0.2, 0.25) is 0 Å². The molecule has 0 spiro atoms. The van der Waals surface area contributed by atoms with Crippen LogP contribution in [0.15, 0.2) is 22.2 Å². The van der Waals surface area contributed by atoms with Crippen LogP contribution in [0.1, 0.15) is 0 Å². The first kappa shape index (κ1) is 14.7. The maximum absolute atomic E-state index is 11.1. The molecule has 0 aliphatic heterocycles. The number of carbonyl (C=O) groups is 1.